The van der Waals surface area contributed by atoms with Crippen LogP contribution in [0, 0.1) is 5.92 Å². The molecule has 1 fully saturated rings. The van der Waals surface area contributed by atoms with E-state index in [0.717, 1.165) is 18.4 Å². The minimum Gasteiger partial charge on any atom is -0.263 e. The Hall–Kier alpha value is -1.43. The predicted octanol–water partition coefficient (Wildman–Crippen LogP) is 3.16. The molecule has 0 spiro atoms. The molecule has 1 unspecified atom stereocenters. The van der Waals surface area contributed by atoms with Gasteiger partial charge < -0.3 is 0 Å². The van der Waals surface area contributed by atoms with Crippen LogP contribution in [0.5, 0.6) is 0 Å². The number of nitrogens with one attached hydrogen (secondary N) is 1. The molecular weight excluding hydrogens is 308 g/mol. The zero-order chi connectivity index (χ0) is 14.9. The zero-order valence-corrected chi connectivity index (χ0v) is 12.8. The summed E-state index contributed by atoms with van der Waals surface area (Å²) in [5.41, 5.74) is 0.976. The lowest BCUT2D eigenvalue weighted by molar-refractivity contribution is 0.529. The van der Waals surface area contributed by atoms with Crippen LogP contribution >= 0.6 is 11.6 Å². The summed E-state index contributed by atoms with van der Waals surface area (Å²) in [4.78, 5) is 3.87. The topological polar surface area (TPSA) is 59.1 Å². The molecule has 3 rings (SSSR count). The molecule has 2 aromatic rings. The second-order valence-electron chi connectivity index (χ2n) is 5.15. The van der Waals surface area contributed by atoms with Crippen LogP contribution in [-0.4, -0.2) is 13.4 Å². The first-order chi connectivity index (χ1) is 10.1. The fourth-order valence-electron chi connectivity index (χ4n) is 2.32. The Morgan fingerprint density at radius 3 is 2.52 bits per heavy atom. The molecule has 0 aliphatic heterocycles. The van der Waals surface area contributed by atoms with E-state index in [2.05, 4.69) is 9.71 Å². The largest absolute Gasteiger partial charge is 0.263 e. The molecule has 1 aliphatic carbocycles. The fourth-order valence-corrected chi connectivity index (χ4v) is 4.04. The first kappa shape index (κ1) is 14.5. The Labute approximate surface area is 129 Å². The minimum atomic E-state index is -3.69. The van der Waals surface area contributed by atoms with Crippen molar-refractivity contribution in [1.29, 1.82) is 0 Å². The first-order valence-corrected chi connectivity index (χ1v) is 8.61. The molecule has 1 saturated carbocycles. The van der Waals surface area contributed by atoms with Crippen LogP contribution in [0.1, 0.15) is 24.4 Å². The molecule has 6 heteroatoms. The normalized spacial score (nSPS) is 16.6. The molecule has 1 heterocycles. The lowest BCUT2D eigenvalue weighted by Crippen LogP contribution is -2.30. The van der Waals surface area contributed by atoms with Gasteiger partial charge in [-0.15, -0.1) is 0 Å². The van der Waals surface area contributed by atoms with Crippen LogP contribution in [0.3, 0.4) is 0 Å². The van der Waals surface area contributed by atoms with Crippen molar-refractivity contribution in [2.45, 2.75) is 23.8 Å². The monoisotopic (exact) mass is 322 g/mol. The van der Waals surface area contributed by atoms with Crippen molar-refractivity contribution >= 4 is 21.6 Å². The number of sulfonamides is 1. The third-order valence-corrected chi connectivity index (χ3v) is 5.47. The van der Waals surface area contributed by atoms with Crippen LogP contribution in [0.4, 0.5) is 0 Å². The summed E-state index contributed by atoms with van der Waals surface area (Å²) < 4.78 is 27.8. The number of halogens is 1. The number of nitrogens with zero attached hydrogens (tertiary/aromatic N) is 1. The van der Waals surface area contributed by atoms with E-state index in [1.807, 2.05) is 30.3 Å². The number of hydrogen-bond acceptors (Lipinski definition) is 3. The molecule has 1 N–H and O–H groups in total. The van der Waals surface area contributed by atoms with Gasteiger partial charge in [0.05, 0.1) is 5.02 Å². The highest BCUT2D eigenvalue weighted by atomic mass is 35.5. The molecule has 0 amide bonds. The maximum atomic E-state index is 12.5. The van der Waals surface area contributed by atoms with E-state index in [9.17, 15) is 8.42 Å². The molecule has 110 valence electrons. The van der Waals surface area contributed by atoms with Crippen molar-refractivity contribution in [3.8, 4) is 0 Å². The summed E-state index contributed by atoms with van der Waals surface area (Å²) in [6.07, 6.45) is 4.81. The molecule has 0 radical (unpaired) electrons. The number of pyridine rings is 1. The SMILES string of the molecule is O=S(=O)(NC(c1ccccc1)C1CC1)c1cnccc1Cl. The Kier molecular flexibility index (Phi) is 3.97. The summed E-state index contributed by atoms with van der Waals surface area (Å²) in [7, 11) is -3.69. The number of hydrogen-bond donors (Lipinski definition) is 1. The van der Waals surface area contributed by atoms with Gasteiger partial charge in [-0.2, -0.15) is 0 Å². The van der Waals surface area contributed by atoms with Crippen molar-refractivity contribution < 1.29 is 8.42 Å². The Morgan fingerprint density at radius 2 is 1.90 bits per heavy atom. The van der Waals surface area contributed by atoms with Crippen molar-refractivity contribution in [1.82, 2.24) is 9.71 Å². The van der Waals surface area contributed by atoms with Gasteiger partial charge in [-0.3, -0.25) is 4.98 Å². The van der Waals surface area contributed by atoms with Crippen molar-refractivity contribution in [2.24, 2.45) is 5.92 Å². The van der Waals surface area contributed by atoms with E-state index in [0.29, 0.717) is 5.92 Å². The smallest absolute Gasteiger partial charge is 0.244 e. The van der Waals surface area contributed by atoms with Gasteiger partial charge in [0.1, 0.15) is 4.90 Å². The molecule has 21 heavy (non-hydrogen) atoms. The van der Waals surface area contributed by atoms with Crippen LogP contribution in [0.2, 0.25) is 5.02 Å². The van der Waals surface area contributed by atoms with Gasteiger partial charge in [0.2, 0.25) is 10.0 Å². The molecule has 0 bridgehead atoms. The Bertz CT molecular complexity index is 730. The first-order valence-electron chi connectivity index (χ1n) is 6.75. The summed E-state index contributed by atoms with van der Waals surface area (Å²) in [6.45, 7) is 0. The average Bonchev–Trinajstić information content (AvgIpc) is 3.31. The van der Waals surface area contributed by atoms with Gasteiger partial charge in [-0.05, 0) is 30.4 Å². The quantitative estimate of drug-likeness (QED) is 0.919. The van der Waals surface area contributed by atoms with E-state index in [1.54, 1.807) is 0 Å². The van der Waals surface area contributed by atoms with Crippen LogP contribution < -0.4 is 4.72 Å². The molecule has 4 nitrogen and oxygen atoms in total. The van der Waals surface area contributed by atoms with E-state index in [-0.39, 0.29) is 16.0 Å². The van der Waals surface area contributed by atoms with Crippen molar-refractivity contribution in [3.63, 3.8) is 0 Å². The lowest BCUT2D eigenvalue weighted by atomic mass is 10.0. The van der Waals surface area contributed by atoms with Crippen molar-refractivity contribution in [3.05, 3.63) is 59.4 Å². The van der Waals surface area contributed by atoms with E-state index in [1.165, 1.54) is 18.5 Å². The standard InChI is InChI=1S/C15H15ClN2O2S/c16-13-8-9-17-10-14(13)21(19,20)18-15(12-6-7-12)11-4-2-1-3-5-11/h1-5,8-10,12,15,18H,6-7H2. The highest BCUT2D eigenvalue weighted by Gasteiger charge is 2.35. The summed E-state index contributed by atoms with van der Waals surface area (Å²) in [5.74, 6) is 0.345. The predicted molar refractivity (Wildman–Crippen MR) is 81.5 cm³/mol. The number of benzene rings is 1. The number of aromatic nitrogens is 1. The molecule has 1 atom stereocenters. The fraction of sp³-hybridized carbons (Fsp3) is 0.267. The molecular formula is C15H15ClN2O2S. The van der Waals surface area contributed by atoms with Gasteiger partial charge in [0, 0.05) is 18.4 Å². The van der Waals surface area contributed by atoms with Gasteiger partial charge in [0.15, 0.2) is 0 Å². The van der Waals surface area contributed by atoms with Gasteiger partial charge in [-0.1, -0.05) is 41.9 Å². The maximum Gasteiger partial charge on any atom is 0.244 e. The van der Waals surface area contributed by atoms with Crippen LogP contribution in [0.15, 0.2) is 53.7 Å². The van der Waals surface area contributed by atoms with Gasteiger partial charge in [0.25, 0.3) is 0 Å². The van der Waals surface area contributed by atoms with Crippen LogP contribution in [0.25, 0.3) is 0 Å². The number of rotatable bonds is 5. The van der Waals surface area contributed by atoms with E-state index < -0.39 is 10.0 Å². The maximum absolute atomic E-state index is 12.5. The molecule has 1 aliphatic rings. The summed E-state index contributed by atoms with van der Waals surface area (Å²) in [6, 6.07) is 10.9. The molecule has 1 aromatic carbocycles. The average molecular weight is 323 g/mol. The lowest BCUT2D eigenvalue weighted by Gasteiger charge is -2.19. The molecule has 1 aromatic heterocycles. The van der Waals surface area contributed by atoms with E-state index >= 15 is 0 Å². The zero-order valence-electron chi connectivity index (χ0n) is 11.2. The summed E-state index contributed by atoms with van der Waals surface area (Å²) >= 11 is 5.97. The van der Waals surface area contributed by atoms with E-state index in [4.69, 9.17) is 11.6 Å². The highest BCUT2D eigenvalue weighted by Crippen LogP contribution is 2.41. The summed E-state index contributed by atoms with van der Waals surface area (Å²) in [5, 5.41) is 0.181. The van der Waals surface area contributed by atoms with Gasteiger partial charge >= 0.3 is 0 Å². The highest BCUT2D eigenvalue weighted by molar-refractivity contribution is 7.89. The Balaban J connectivity index is 1.91. The minimum absolute atomic E-state index is 0.0215. The van der Waals surface area contributed by atoms with Gasteiger partial charge in [-0.25, -0.2) is 13.1 Å². The third-order valence-electron chi connectivity index (χ3n) is 3.56. The molecule has 0 saturated heterocycles. The van der Waals surface area contributed by atoms with Crippen molar-refractivity contribution in [2.75, 3.05) is 0 Å². The second kappa shape index (κ2) is 5.75. The van der Waals surface area contributed by atoms with Crippen LogP contribution in [-0.2, 0) is 10.0 Å². The second-order valence-corrected chi connectivity index (χ2v) is 7.24. The third kappa shape index (κ3) is 3.26. The Morgan fingerprint density at radius 1 is 1.19 bits per heavy atom.